The van der Waals surface area contributed by atoms with Crippen molar-refractivity contribution in [3.63, 3.8) is 0 Å². The number of nitrogens with zero attached hydrogens (tertiary/aromatic N) is 2. The summed E-state index contributed by atoms with van der Waals surface area (Å²) < 4.78 is 24.5. The maximum Gasteiger partial charge on any atom is 0.241 e. The molecule has 1 N–H and O–H groups in total. The Morgan fingerprint density at radius 3 is 2.54 bits per heavy atom. The van der Waals surface area contributed by atoms with Gasteiger partial charge in [0.2, 0.25) is 11.0 Å². The van der Waals surface area contributed by atoms with Crippen LogP contribution in [0, 0.1) is 6.92 Å². The molecule has 0 aliphatic heterocycles. The lowest BCUT2D eigenvalue weighted by Gasteiger charge is -2.05. The zero-order valence-electron chi connectivity index (χ0n) is 13.9. The smallest absolute Gasteiger partial charge is 0.241 e. The van der Waals surface area contributed by atoms with Crippen molar-refractivity contribution in [1.29, 1.82) is 0 Å². The second-order valence-corrected chi connectivity index (χ2v) is 8.75. The van der Waals surface area contributed by atoms with Gasteiger partial charge in [0.25, 0.3) is 0 Å². The first-order valence-electron chi connectivity index (χ1n) is 7.74. The molecule has 0 saturated heterocycles. The van der Waals surface area contributed by atoms with E-state index in [1.807, 2.05) is 6.92 Å². The number of carbonyl (C=O) groups excluding carboxylic acids is 1. The van der Waals surface area contributed by atoms with Crippen molar-refractivity contribution in [2.75, 3.05) is 11.1 Å². The Morgan fingerprint density at radius 2 is 1.92 bits per heavy atom. The fourth-order valence-corrected chi connectivity index (χ4v) is 4.18. The third-order valence-corrected chi connectivity index (χ3v) is 6.23. The molecule has 0 radical (unpaired) electrons. The van der Waals surface area contributed by atoms with Gasteiger partial charge >= 0.3 is 0 Å². The first-order valence-corrected chi connectivity index (χ1v) is 10.2. The molecule has 8 heteroatoms. The molecule has 1 aromatic heterocycles. The van der Waals surface area contributed by atoms with E-state index in [1.165, 1.54) is 23.5 Å². The van der Waals surface area contributed by atoms with E-state index in [0.29, 0.717) is 5.13 Å². The van der Waals surface area contributed by atoms with Crippen molar-refractivity contribution < 1.29 is 13.2 Å². The Hall–Kier alpha value is -1.80. The lowest BCUT2D eigenvalue weighted by Crippen LogP contribution is -2.23. The predicted molar refractivity (Wildman–Crippen MR) is 95.1 cm³/mol. The van der Waals surface area contributed by atoms with Crippen LogP contribution in [-0.2, 0) is 14.6 Å². The molecule has 6 nitrogen and oxygen atoms in total. The summed E-state index contributed by atoms with van der Waals surface area (Å²) in [5.74, 6) is -0.953. The van der Waals surface area contributed by atoms with E-state index in [2.05, 4.69) is 29.4 Å². The van der Waals surface area contributed by atoms with Gasteiger partial charge in [-0.2, -0.15) is 0 Å². The quantitative estimate of drug-likeness (QED) is 0.812. The maximum absolute atomic E-state index is 12.2. The van der Waals surface area contributed by atoms with Crippen LogP contribution in [0.15, 0.2) is 29.2 Å². The SMILES string of the molecule is CCCC(C)c1nnc(NC(=O)CS(=O)(=O)c2ccc(C)cc2)s1. The highest BCUT2D eigenvalue weighted by Crippen LogP contribution is 2.26. The van der Waals surface area contributed by atoms with E-state index >= 15 is 0 Å². The Balaban J connectivity index is 2.01. The fraction of sp³-hybridized carbons (Fsp3) is 0.438. The van der Waals surface area contributed by atoms with E-state index in [0.717, 1.165) is 23.4 Å². The Labute approximate surface area is 146 Å². The number of aryl methyl sites for hydroxylation is 1. The molecule has 0 spiro atoms. The normalized spacial score (nSPS) is 12.8. The monoisotopic (exact) mass is 367 g/mol. The molecule has 1 aromatic carbocycles. The van der Waals surface area contributed by atoms with E-state index in [-0.39, 0.29) is 10.8 Å². The number of aromatic nitrogens is 2. The lowest BCUT2D eigenvalue weighted by atomic mass is 10.1. The van der Waals surface area contributed by atoms with Crippen molar-refractivity contribution >= 4 is 32.2 Å². The van der Waals surface area contributed by atoms with Crippen LogP contribution in [0.5, 0.6) is 0 Å². The summed E-state index contributed by atoms with van der Waals surface area (Å²) in [5, 5.41) is 11.7. The minimum Gasteiger partial charge on any atom is -0.300 e. The Kier molecular flexibility index (Phi) is 6.06. The highest BCUT2D eigenvalue weighted by molar-refractivity contribution is 7.92. The third kappa shape index (κ3) is 4.85. The molecular formula is C16H21N3O3S2. The van der Waals surface area contributed by atoms with Crippen molar-refractivity contribution in [3.8, 4) is 0 Å². The van der Waals surface area contributed by atoms with Gasteiger partial charge in [-0.15, -0.1) is 10.2 Å². The van der Waals surface area contributed by atoms with Gasteiger partial charge < -0.3 is 0 Å². The Morgan fingerprint density at radius 1 is 1.25 bits per heavy atom. The molecule has 0 aliphatic rings. The number of carbonyl (C=O) groups is 1. The molecule has 0 aliphatic carbocycles. The van der Waals surface area contributed by atoms with Crippen molar-refractivity contribution in [2.24, 2.45) is 0 Å². The molecule has 0 saturated carbocycles. The van der Waals surface area contributed by atoms with Crippen LogP contribution >= 0.6 is 11.3 Å². The molecule has 1 amide bonds. The zero-order chi connectivity index (χ0) is 17.7. The van der Waals surface area contributed by atoms with Gasteiger partial charge in [0, 0.05) is 5.92 Å². The van der Waals surface area contributed by atoms with E-state index in [9.17, 15) is 13.2 Å². The minimum atomic E-state index is -3.67. The number of sulfone groups is 1. The fourth-order valence-electron chi connectivity index (χ4n) is 2.20. The molecule has 2 rings (SSSR count). The standard InChI is InChI=1S/C16H21N3O3S2/c1-4-5-12(3)15-18-19-16(23-15)17-14(20)10-24(21,22)13-8-6-11(2)7-9-13/h6-9,12H,4-5,10H2,1-3H3,(H,17,19,20). The summed E-state index contributed by atoms with van der Waals surface area (Å²) in [6, 6.07) is 6.43. The molecule has 2 aromatic rings. The van der Waals surface area contributed by atoms with Gasteiger partial charge in [0.15, 0.2) is 9.84 Å². The average Bonchev–Trinajstić information content (AvgIpc) is 2.95. The molecule has 0 fully saturated rings. The van der Waals surface area contributed by atoms with E-state index in [4.69, 9.17) is 0 Å². The van der Waals surface area contributed by atoms with Crippen LogP contribution in [0.3, 0.4) is 0 Å². The van der Waals surface area contributed by atoms with Gasteiger partial charge in [-0.25, -0.2) is 8.42 Å². The number of hydrogen-bond acceptors (Lipinski definition) is 6. The van der Waals surface area contributed by atoms with Crippen molar-refractivity contribution in [3.05, 3.63) is 34.8 Å². The number of hydrogen-bond donors (Lipinski definition) is 1. The van der Waals surface area contributed by atoms with Gasteiger partial charge in [-0.05, 0) is 25.5 Å². The zero-order valence-corrected chi connectivity index (χ0v) is 15.6. The summed E-state index contributed by atoms with van der Waals surface area (Å²) in [7, 11) is -3.67. The highest BCUT2D eigenvalue weighted by Gasteiger charge is 2.20. The van der Waals surface area contributed by atoms with Crippen LogP contribution in [-0.4, -0.2) is 30.3 Å². The molecule has 24 heavy (non-hydrogen) atoms. The van der Waals surface area contributed by atoms with Crippen LogP contribution in [0.1, 0.15) is 43.2 Å². The average molecular weight is 367 g/mol. The van der Waals surface area contributed by atoms with Crippen molar-refractivity contribution in [2.45, 2.75) is 44.4 Å². The summed E-state index contributed by atoms with van der Waals surface area (Å²) in [5.41, 5.74) is 0.959. The van der Waals surface area contributed by atoms with Crippen LogP contribution < -0.4 is 5.32 Å². The summed E-state index contributed by atoms with van der Waals surface area (Å²) in [6.07, 6.45) is 2.03. The highest BCUT2D eigenvalue weighted by atomic mass is 32.2. The molecular weight excluding hydrogens is 346 g/mol. The van der Waals surface area contributed by atoms with Gasteiger partial charge in [0.05, 0.1) is 4.90 Å². The summed E-state index contributed by atoms with van der Waals surface area (Å²) >= 11 is 1.28. The topological polar surface area (TPSA) is 89.0 Å². The number of amides is 1. The molecule has 0 bridgehead atoms. The van der Waals surface area contributed by atoms with Gasteiger partial charge in [0.1, 0.15) is 10.8 Å². The Bertz CT molecular complexity index is 798. The maximum atomic E-state index is 12.2. The first-order chi connectivity index (χ1) is 11.3. The van der Waals surface area contributed by atoms with Crippen molar-refractivity contribution in [1.82, 2.24) is 10.2 Å². The number of benzene rings is 1. The summed E-state index contributed by atoms with van der Waals surface area (Å²) in [6.45, 7) is 6.02. The largest absolute Gasteiger partial charge is 0.300 e. The number of anilines is 1. The molecule has 130 valence electrons. The molecule has 1 unspecified atom stereocenters. The van der Waals surface area contributed by atoms with Gasteiger partial charge in [-0.3, -0.25) is 10.1 Å². The van der Waals surface area contributed by atoms with Crippen LogP contribution in [0.2, 0.25) is 0 Å². The molecule has 1 atom stereocenters. The number of nitrogens with one attached hydrogen (secondary N) is 1. The lowest BCUT2D eigenvalue weighted by molar-refractivity contribution is -0.113. The van der Waals surface area contributed by atoms with Gasteiger partial charge in [-0.1, -0.05) is 49.3 Å². The number of rotatable bonds is 7. The van der Waals surface area contributed by atoms with Crippen LogP contribution in [0.25, 0.3) is 0 Å². The third-order valence-electron chi connectivity index (χ3n) is 3.53. The van der Waals surface area contributed by atoms with E-state index in [1.54, 1.807) is 12.1 Å². The van der Waals surface area contributed by atoms with Crippen LogP contribution in [0.4, 0.5) is 5.13 Å². The molecule has 1 heterocycles. The summed E-state index contributed by atoms with van der Waals surface area (Å²) in [4.78, 5) is 12.2. The first kappa shape index (κ1) is 18.5. The second kappa shape index (κ2) is 7.85. The predicted octanol–water partition coefficient (Wildman–Crippen LogP) is 3.16. The minimum absolute atomic E-state index is 0.137. The van der Waals surface area contributed by atoms with E-state index < -0.39 is 21.5 Å². The second-order valence-electron chi connectivity index (χ2n) is 5.76.